The van der Waals surface area contributed by atoms with Gasteiger partial charge in [-0.3, -0.25) is 4.68 Å². The smallest absolute Gasteiger partial charge is 0.102 e. The van der Waals surface area contributed by atoms with Gasteiger partial charge in [0.2, 0.25) is 0 Å². The van der Waals surface area contributed by atoms with E-state index in [1.807, 2.05) is 20.2 Å². The Morgan fingerprint density at radius 3 is 2.55 bits per heavy atom. The minimum atomic E-state index is -0.844. The third-order valence-corrected chi connectivity index (χ3v) is 4.78. The Morgan fingerprint density at radius 1 is 1.40 bits per heavy atom. The fraction of sp³-hybridized carbons (Fsp3) is 0.812. The zero-order valence-electron chi connectivity index (χ0n) is 13.3. The third-order valence-electron chi connectivity index (χ3n) is 4.78. The molecule has 0 saturated heterocycles. The second kappa shape index (κ2) is 6.27. The summed E-state index contributed by atoms with van der Waals surface area (Å²) in [4.78, 5) is 0. The van der Waals surface area contributed by atoms with E-state index in [1.165, 1.54) is 25.7 Å². The van der Waals surface area contributed by atoms with E-state index in [9.17, 15) is 5.11 Å². The summed E-state index contributed by atoms with van der Waals surface area (Å²) in [6.07, 6.45) is 8.71. The van der Waals surface area contributed by atoms with Crippen molar-refractivity contribution in [1.29, 1.82) is 0 Å². The number of nitrogens with one attached hydrogen (secondary N) is 1. The van der Waals surface area contributed by atoms with Gasteiger partial charge in [-0.2, -0.15) is 5.10 Å². The first-order valence-corrected chi connectivity index (χ1v) is 7.83. The van der Waals surface area contributed by atoms with E-state index >= 15 is 0 Å². The van der Waals surface area contributed by atoms with Crippen molar-refractivity contribution in [3.05, 3.63) is 18.0 Å². The first kappa shape index (κ1) is 15.5. The number of rotatable bonds is 5. The number of aryl methyl sites for hydroxylation is 1. The van der Waals surface area contributed by atoms with Crippen LogP contribution in [0.4, 0.5) is 0 Å². The molecule has 4 heteroatoms. The highest BCUT2D eigenvalue weighted by Crippen LogP contribution is 2.30. The molecule has 2 rings (SSSR count). The second-order valence-electron chi connectivity index (χ2n) is 6.91. The van der Waals surface area contributed by atoms with Crippen molar-refractivity contribution in [3.8, 4) is 0 Å². The van der Waals surface area contributed by atoms with Gasteiger partial charge in [0.05, 0.1) is 6.20 Å². The van der Waals surface area contributed by atoms with Crippen molar-refractivity contribution in [2.45, 2.75) is 58.1 Å². The molecule has 4 nitrogen and oxygen atoms in total. The van der Waals surface area contributed by atoms with E-state index in [-0.39, 0.29) is 0 Å². The van der Waals surface area contributed by atoms with Gasteiger partial charge in [0.15, 0.2) is 0 Å². The molecule has 0 radical (unpaired) electrons. The van der Waals surface area contributed by atoms with Gasteiger partial charge in [0, 0.05) is 31.4 Å². The molecule has 1 aromatic heterocycles. The number of aromatic nitrogens is 2. The van der Waals surface area contributed by atoms with Crippen molar-refractivity contribution in [2.24, 2.45) is 18.9 Å². The van der Waals surface area contributed by atoms with Crippen LogP contribution < -0.4 is 5.32 Å². The van der Waals surface area contributed by atoms with Gasteiger partial charge < -0.3 is 10.4 Å². The molecule has 0 aliphatic heterocycles. The zero-order chi connectivity index (χ0) is 14.8. The van der Waals surface area contributed by atoms with Gasteiger partial charge in [0.25, 0.3) is 0 Å². The summed E-state index contributed by atoms with van der Waals surface area (Å²) in [5.41, 5.74) is 0.0340. The summed E-state index contributed by atoms with van der Waals surface area (Å²) in [6.45, 7) is 7.10. The fourth-order valence-electron chi connectivity index (χ4n) is 3.13. The van der Waals surface area contributed by atoms with Crippen molar-refractivity contribution in [3.63, 3.8) is 0 Å². The first-order chi connectivity index (χ1) is 9.38. The van der Waals surface area contributed by atoms with E-state index in [4.69, 9.17) is 0 Å². The third kappa shape index (κ3) is 3.83. The summed E-state index contributed by atoms with van der Waals surface area (Å²) in [6, 6.07) is 0.549. The van der Waals surface area contributed by atoms with Crippen LogP contribution in [0.3, 0.4) is 0 Å². The molecule has 114 valence electrons. The highest BCUT2D eigenvalue weighted by atomic mass is 16.3. The maximum atomic E-state index is 10.6. The molecule has 0 bridgehead atoms. The molecule has 1 aliphatic rings. The Balaban J connectivity index is 1.81. The van der Waals surface area contributed by atoms with Crippen LogP contribution in [0.2, 0.25) is 0 Å². The van der Waals surface area contributed by atoms with Gasteiger partial charge in [0.1, 0.15) is 5.60 Å². The zero-order valence-corrected chi connectivity index (χ0v) is 13.3. The fourth-order valence-corrected chi connectivity index (χ4v) is 3.13. The summed E-state index contributed by atoms with van der Waals surface area (Å²) in [5, 5.41) is 18.2. The van der Waals surface area contributed by atoms with E-state index in [2.05, 4.69) is 24.3 Å². The number of aliphatic hydroxyl groups is 1. The molecule has 1 heterocycles. The van der Waals surface area contributed by atoms with Gasteiger partial charge in [-0.25, -0.2) is 0 Å². The second-order valence-corrected chi connectivity index (χ2v) is 6.91. The Hall–Kier alpha value is -0.870. The number of nitrogens with zero attached hydrogens (tertiary/aromatic N) is 2. The highest BCUT2D eigenvalue weighted by molar-refractivity contribution is 5.14. The lowest BCUT2D eigenvalue weighted by atomic mass is 9.79. The summed E-state index contributed by atoms with van der Waals surface area (Å²) < 4.78 is 1.73. The van der Waals surface area contributed by atoms with Crippen LogP contribution in [-0.4, -0.2) is 27.5 Å². The molecule has 0 aromatic carbocycles. The maximum absolute atomic E-state index is 10.6. The molecule has 1 aliphatic carbocycles. The van der Waals surface area contributed by atoms with E-state index in [0.29, 0.717) is 12.6 Å². The molecule has 1 saturated carbocycles. The van der Waals surface area contributed by atoms with Crippen LogP contribution >= 0.6 is 0 Å². The quantitative estimate of drug-likeness (QED) is 0.870. The number of hydrogen-bond acceptors (Lipinski definition) is 3. The SMILES string of the molecule is CC(C)C1CCC(NCC(C)(O)c2cnn(C)c2)CC1. The number of hydrogen-bond donors (Lipinski definition) is 2. The molecule has 1 unspecified atom stereocenters. The molecule has 2 N–H and O–H groups in total. The van der Waals surface area contributed by atoms with E-state index in [0.717, 1.165) is 17.4 Å². The minimum Gasteiger partial charge on any atom is -0.384 e. The van der Waals surface area contributed by atoms with E-state index < -0.39 is 5.60 Å². The van der Waals surface area contributed by atoms with Gasteiger partial charge in [-0.05, 0) is 44.4 Å². The lowest BCUT2D eigenvalue weighted by molar-refractivity contribution is 0.0508. The van der Waals surface area contributed by atoms with Gasteiger partial charge in [-0.1, -0.05) is 13.8 Å². The molecule has 1 aromatic rings. The molecule has 0 spiro atoms. The van der Waals surface area contributed by atoms with Crippen molar-refractivity contribution < 1.29 is 5.11 Å². The molecular weight excluding hydrogens is 250 g/mol. The van der Waals surface area contributed by atoms with Crippen LogP contribution in [0, 0.1) is 11.8 Å². The lowest BCUT2D eigenvalue weighted by Gasteiger charge is -2.33. The topological polar surface area (TPSA) is 50.1 Å². The van der Waals surface area contributed by atoms with Crippen molar-refractivity contribution in [2.75, 3.05) is 6.54 Å². The standard InChI is InChI=1S/C16H29N3O/c1-12(2)13-5-7-15(8-6-13)17-11-16(3,20)14-9-18-19(4)10-14/h9-10,12-13,15,17,20H,5-8,11H2,1-4H3. The normalized spacial score (nSPS) is 26.7. The predicted octanol–water partition coefficient (Wildman–Crippen LogP) is 2.43. The molecule has 0 amide bonds. The molecule has 20 heavy (non-hydrogen) atoms. The van der Waals surface area contributed by atoms with Crippen molar-refractivity contribution >= 4 is 0 Å². The average Bonchev–Trinajstić information content (AvgIpc) is 2.84. The van der Waals surface area contributed by atoms with Crippen LogP contribution in [0.15, 0.2) is 12.4 Å². The summed E-state index contributed by atoms with van der Waals surface area (Å²) in [7, 11) is 1.88. The minimum absolute atomic E-state index is 0.549. The lowest BCUT2D eigenvalue weighted by Crippen LogP contribution is -2.42. The Labute approximate surface area is 122 Å². The predicted molar refractivity (Wildman–Crippen MR) is 81.4 cm³/mol. The molecule has 1 atom stereocenters. The highest BCUT2D eigenvalue weighted by Gasteiger charge is 2.28. The average molecular weight is 279 g/mol. The monoisotopic (exact) mass is 279 g/mol. The van der Waals surface area contributed by atoms with Gasteiger partial charge >= 0.3 is 0 Å². The molecule has 1 fully saturated rings. The largest absolute Gasteiger partial charge is 0.384 e. The Kier molecular flexibility index (Phi) is 4.86. The summed E-state index contributed by atoms with van der Waals surface area (Å²) in [5.74, 6) is 1.68. The van der Waals surface area contributed by atoms with Crippen LogP contribution in [-0.2, 0) is 12.6 Å². The Morgan fingerprint density at radius 2 is 2.05 bits per heavy atom. The van der Waals surface area contributed by atoms with Crippen molar-refractivity contribution in [1.82, 2.24) is 15.1 Å². The molecular formula is C16H29N3O. The van der Waals surface area contributed by atoms with Crippen LogP contribution in [0.1, 0.15) is 52.0 Å². The van der Waals surface area contributed by atoms with E-state index in [1.54, 1.807) is 10.9 Å². The first-order valence-electron chi connectivity index (χ1n) is 7.83. The van der Waals surface area contributed by atoms with Crippen LogP contribution in [0.5, 0.6) is 0 Å². The Bertz CT molecular complexity index is 417. The summed E-state index contributed by atoms with van der Waals surface area (Å²) >= 11 is 0. The van der Waals surface area contributed by atoms with Gasteiger partial charge in [-0.15, -0.1) is 0 Å². The van der Waals surface area contributed by atoms with Crippen LogP contribution in [0.25, 0.3) is 0 Å². The maximum Gasteiger partial charge on any atom is 0.102 e.